The molecular weight excluding hydrogens is 395 g/mol. The molecule has 0 atom stereocenters. The van der Waals surface area contributed by atoms with Crippen molar-refractivity contribution in [3.8, 4) is 10.6 Å². The fourth-order valence-corrected chi connectivity index (χ4v) is 4.09. The van der Waals surface area contributed by atoms with E-state index in [0.717, 1.165) is 11.3 Å². The number of aromatic nitrogens is 2. The highest BCUT2D eigenvalue weighted by Crippen LogP contribution is 2.28. The minimum atomic E-state index is -0.658. The highest BCUT2D eigenvalue weighted by Gasteiger charge is 2.23. The largest absolute Gasteiger partial charge is 0.453 e. The highest BCUT2D eigenvalue weighted by molar-refractivity contribution is 7.17. The van der Waals surface area contributed by atoms with Crippen molar-refractivity contribution in [2.75, 3.05) is 6.61 Å². The number of benzene rings is 1. The third kappa shape index (κ3) is 4.17. The van der Waals surface area contributed by atoms with Crippen LogP contribution in [0, 0.1) is 26.6 Å². The topological polar surface area (TPSA) is 89.1 Å². The third-order valence-electron chi connectivity index (χ3n) is 4.48. The Kier molecular flexibility index (Phi) is 5.74. The number of ketones is 2. The first kappa shape index (κ1) is 20.6. The van der Waals surface area contributed by atoms with Gasteiger partial charge in [-0.3, -0.25) is 9.59 Å². The van der Waals surface area contributed by atoms with Crippen LogP contribution in [0.15, 0.2) is 24.3 Å². The maximum absolute atomic E-state index is 13.1. The number of halogens is 1. The van der Waals surface area contributed by atoms with E-state index in [9.17, 15) is 18.8 Å². The zero-order valence-electron chi connectivity index (χ0n) is 16.4. The van der Waals surface area contributed by atoms with Crippen molar-refractivity contribution in [2.45, 2.75) is 27.7 Å². The molecule has 0 amide bonds. The van der Waals surface area contributed by atoms with Gasteiger partial charge in [0.1, 0.15) is 15.7 Å². The second-order valence-corrected chi connectivity index (χ2v) is 7.62. The number of aryl methyl sites for hydroxylation is 2. The molecule has 0 aliphatic carbocycles. The molecule has 0 saturated carbocycles. The minimum absolute atomic E-state index is 0.138. The summed E-state index contributed by atoms with van der Waals surface area (Å²) in [7, 11) is 0. The van der Waals surface area contributed by atoms with E-state index < -0.39 is 18.4 Å². The van der Waals surface area contributed by atoms with Crippen LogP contribution >= 0.6 is 11.3 Å². The molecule has 150 valence electrons. The number of H-pyrrole nitrogens is 1. The number of rotatable bonds is 6. The van der Waals surface area contributed by atoms with E-state index in [-0.39, 0.29) is 22.2 Å². The smallest absolute Gasteiger partial charge is 0.350 e. The lowest BCUT2D eigenvalue weighted by Gasteiger charge is -2.03. The Hall–Kier alpha value is -3.13. The van der Waals surface area contributed by atoms with Crippen molar-refractivity contribution >= 4 is 28.9 Å². The molecule has 1 aromatic carbocycles. The number of esters is 1. The zero-order valence-corrected chi connectivity index (χ0v) is 17.2. The summed E-state index contributed by atoms with van der Waals surface area (Å²) in [5.41, 5.74) is 3.03. The number of hydrogen-bond acceptors (Lipinski definition) is 6. The summed E-state index contributed by atoms with van der Waals surface area (Å²) in [6.45, 7) is 6.03. The van der Waals surface area contributed by atoms with E-state index in [4.69, 9.17) is 4.74 Å². The Balaban J connectivity index is 1.73. The first-order valence-corrected chi connectivity index (χ1v) is 9.64. The van der Waals surface area contributed by atoms with Crippen LogP contribution in [-0.4, -0.2) is 34.1 Å². The Morgan fingerprint density at radius 3 is 2.38 bits per heavy atom. The fraction of sp³-hybridized carbons (Fsp3) is 0.238. The summed E-state index contributed by atoms with van der Waals surface area (Å²) in [5, 5.41) is 0.558. The van der Waals surface area contributed by atoms with Crippen molar-refractivity contribution in [2.24, 2.45) is 0 Å². The van der Waals surface area contributed by atoms with Crippen LogP contribution in [0.1, 0.15) is 54.4 Å². The summed E-state index contributed by atoms with van der Waals surface area (Å²) in [5.74, 6) is -1.58. The molecule has 0 aliphatic heterocycles. The van der Waals surface area contributed by atoms with Crippen molar-refractivity contribution in [1.29, 1.82) is 0 Å². The molecule has 0 bridgehead atoms. The number of carbonyl (C=O) groups is 3. The highest BCUT2D eigenvalue weighted by atomic mass is 32.1. The Labute approximate surface area is 170 Å². The standard InChI is InChI=1S/C21H19FN2O4S/c1-10-17(13(4)25)11(2)23-18(10)16(26)9-28-21(27)19-12(3)24-20(29-19)14-5-7-15(22)8-6-14/h5-8,23H,9H2,1-4H3. The average Bonchev–Trinajstić information content (AvgIpc) is 3.19. The van der Waals surface area contributed by atoms with Crippen molar-refractivity contribution < 1.29 is 23.5 Å². The van der Waals surface area contributed by atoms with Crippen LogP contribution in [0.3, 0.4) is 0 Å². The maximum Gasteiger partial charge on any atom is 0.350 e. The van der Waals surface area contributed by atoms with Gasteiger partial charge in [-0.2, -0.15) is 0 Å². The summed E-state index contributed by atoms with van der Waals surface area (Å²) in [4.78, 5) is 44.1. The molecule has 0 radical (unpaired) electrons. The number of nitrogens with one attached hydrogen (secondary N) is 1. The second kappa shape index (κ2) is 8.08. The van der Waals surface area contributed by atoms with Gasteiger partial charge in [0.2, 0.25) is 5.78 Å². The lowest BCUT2D eigenvalue weighted by Crippen LogP contribution is -2.15. The van der Waals surface area contributed by atoms with E-state index >= 15 is 0 Å². The molecule has 2 heterocycles. The van der Waals surface area contributed by atoms with Gasteiger partial charge in [0, 0.05) is 16.8 Å². The molecule has 6 nitrogen and oxygen atoms in total. The third-order valence-corrected chi connectivity index (χ3v) is 5.66. The molecule has 3 aromatic rings. The van der Waals surface area contributed by atoms with Gasteiger partial charge >= 0.3 is 5.97 Å². The van der Waals surface area contributed by atoms with Gasteiger partial charge < -0.3 is 9.72 Å². The summed E-state index contributed by atoms with van der Waals surface area (Å²) in [6.07, 6.45) is 0. The van der Waals surface area contributed by atoms with Gasteiger partial charge in [0.15, 0.2) is 12.4 Å². The molecule has 29 heavy (non-hydrogen) atoms. The molecule has 3 rings (SSSR count). The van der Waals surface area contributed by atoms with Gasteiger partial charge in [-0.25, -0.2) is 14.2 Å². The molecule has 0 saturated heterocycles. The van der Waals surface area contributed by atoms with Gasteiger partial charge in [0.25, 0.3) is 0 Å². The van der Waals surface area contributed by atoms with E-state index in [2.05, 4.69) is 9.97 Å². The number of carbonyl (C=O) groups excluding carboxylic acids is 3. The molecule has 8 heteroatoms. The average molecular weight is 414 g/mol. The second-order valence-electron chi connectivity index (χ2n) is 6.62. The predicted octanol–water partition coefficient (Wildman–Crippen LogP) is 4.44. The minimum Gasteiger partial charge on any atom is -0.453 e. The van der Waals surface area contributed by atoms with Crippen LogP contribution < -0.4 is 0 Å². The van der Waals surface area contributed by atoms with Gasteiger partial charge in [-0.15, -0.1) is 11.3 Å². The molecular formula is C21H19FN2O4S. The van der Waals surface area contributed by atoms with Crippen LogP contribution in [0.25, 0.3) is 10.6 Å². The van der Waals surface area contributed by atoms with Crippen molar-refractivity contribution in [3.05, 3.63) is 63.2 Å². The van der Waals surface area contributed by atoms with Crippen LogP contribution in [0.5, 0.6) is 0 Å². The van der Waals surface area contributed by atoms with Crippen molar-refractivity contribution in [3.63, 3.8) is 0 Å². The van der Waals surface area contributed by atoms with E-state index in [1.807, 2.05) is 0 Å². The molecule has 2 aromatic heterocycles. The van der Waals surface area contributed by atoms with Crippen LogP contribution in [0.2, 0.25) is 0 Å². The van der Waals surface area contributed by atoms with Crippen LogP contribution in [0.4, 0.5) is 4.39 Å². The predicted molar refractivity (Wildman–Crippen MR) is 107 cm³/mol. The molecule has 0 aliphatic rings. The first-order valence-electron chi connectivity index (χ1n) is 8.82. The number of hydrogen-bond donors (Lipinski definition) is 1. The zero-order chi connectivity index (χ0) is 21.3. The monoisotopic (exact) mass is 414 g/mol. The molecule has 0 fully saturated rings. The quantitative estimate of drug-likeness (QED) is 0.476. The number of thiazole rings is 1. The number of nitrogens with zero attached hydrogens (tertiary/aromatic N) is 1. The number of Topliss-reactive ketones (excluding diaryl/α,β-unsaturated/α-hetero) is 2. The fourth-order valence-electron chi connectivity index (χ4n) is 3.13. The SMILES string of the molecule is CC(=O)c1c(C)[nH]c(C(=O)COC(=O)c2sc(-c3ccc(F)cc3)nc2C)c1C. The Morgan fingerprint density at radius 2 is 1.79 bits per heavy atom. The summed E-state index contributed by atoms with van der Waals surface area (Å²) >= 11 is 1.12. The Morgan fingerprint density at radius 1 is 1.14 bits per heavy atom. The van der Waals surface area contributed by atoms with Gasteiger partial charge in [-0.05, 0) is 57.5 Å². The van der Waals surface area contributed by atoms with Crippen LogP contribution in [-0.2, 0) is 4.74 Å². The lowest BCUT2D eigenvalue weighted by atomic mass is 10.1. The molecule has 1 N–H and O–H groups in total. The van der Waals surface area contributed by atoms with E-state index in [0.29, 0.717) is 33.1 Å². The molecule has 0 unspecified atom stereocenters. The lowest BCUT2D eigenvalue weighted by molar-refractivity contribution is 0.0477. The van der Waals surface area contributed by atoms with Gasteiger partial charge in [0.05, 0.1) is 11.4 Å². The maximum atomic E-state index is 13.1. The van der Waals surface area contributed by atoms with E-state index in [1.54, 1.807) is 32.9 Å². The number of aromatic amines is 1. The first-order chi connectivity index (χ1) is 13.7. The normalized spacial score (nSPS) is 10.8. The summed E-state index contributed by atoms with van der Waals surface area (Å²) in [6, 6.07) is 5.79. The Bertz CT molecular complexity index is 1110. The van der Waals surface area contributed by atoms with Gasteiger partial charge in [-0.1, -0.05) is 0 Å². The van der Waals surface area contributed by atoms with Crippen molar-refractivity contribution in [1.82, 2.24) is 9.97 Å². The van der Waals surface area contributed by atoms with E-state index in [1.165, 1.54) is 19.1 Å². The summed E-state index contributed by atoms with van der Waals surface area (Å²) < 4.78 is 18.3. The molecule has 0 spiro atoms. The number of ether oxygens (including phenoxy) is 1.